The smallest absolute Gasteiger partial charge is 0.119 e. The Balaban J connectivity index is 2.01. The zero-order valence-corrected chi connectivity index (χ0v) is 10.2. The van der Waals surface area contributed by atoms with E-state index in [4.69, 9.17) is 4.74 Å². The second-order valence-corrected chi connectivity index (χ2v) is 6.52. The van der Waals surface area contributed by atoms with Crippen LogP contribution in [0.4, 0.5) is 0 Å². The van der Waals surface area contributed by atoms with E-state index in [1.807, 2.05) is 0 Å². The van der Waals surface area contributed by atoms with Crippen molar-refractivity contribution in [2.45, 2.75) is 44.9 Å². The summed E-state index contributed by atoms with van der Waals surface area (Å²) in [4.78, 5) is 0. The Morgan fingerprint density at radius 1 is 1.21 bits per heavy atom. The van der Waals surface area contributed by atoms with Gasteiger partial charge in [0.25, 0.3) is 0 Å². The van der Waals surface area contributed by atoms with Gasteiger partial charge >= 0.3 is 0 Å². The van der Waals surface area contributed by atoms with E-state index in [1.54, 1.807) is 0 Å². The van der Waals surface area contributed by atoms with E-state index in [0.717, 1.165) is 6.61 Å². The normalized spacial score (nSPS) is 38.8. The van der Waals surface area contributed by atoms with Gasteiger partial charge in [-0.05, 0) is 45.1 Å². The van der Waals surface area contributed by atoms with Crippen molar-refractivity contribution in [3.63, 3.8) is 0 Å². The van der Waals surface area contributed by atoms with Crippen molar-refractivity contribution in [3.05, 3.63) is 0 Å². The lowest BCUT2D eigenvalue weighted by Gasteiger charge is -2.37. The molecule has 14 heavy (non-hydrogen) atoms. The fourth-order valence-corrected chi connectivity index (χ4v) is 3.65. The molecule has 3 heteroatoms. The molecule has 0 radical (unpaired) electrons. The van der Waals surface area contributed by atoms with E-state index in [9.17, 15) is 0 Å². The average Bonchev–Trinajstić information content (AvgIpc) is 2.44. The maximum atomic E-state index is 5.97. The van der Waals surface area contributed by atoms with Crippen LogP contribution in [-0.2, 0) is 4.74 Å². The second kappa shape index (κ2) is 3.69. The summed E-state index contributed by atoms with van der Waals surface area (Å²) < 4.78 is 5.97. The van der Waals surface area contributed by atoms with Crippen molar-refractivity contribution in [2.75, 3.05) is 18.1 Å². The highest BCUT2D eigenvalue weighted by atomic mass is 32.2. The summed E-state index contributed by atoms with van der Waals surface area (Å²) in [5.74, 6) is 3.29. The molecule has 2 nitrogen and oxygen atoms in total. The zero-order valence-electron chi connectivity index (χ0n) is 9.43. The molecule has 1 atom stereocenters. The maximum Gasteiger partial charge on any atom is 0.119 e. The van der Waals surface area contributed by atoms with E-state index in [-0.39, 0.29) is 11.3 Å². The number of hydrogen-bond donors (Lipinski definition) is 1. The molecule has 0 aromatic heterocycles. The van der Waals surface area contributed by atoms with Crippen molar-refractivity contribution in [1.29, 1.82) is 0 Å². The van der Waals surface area contributed by atoms with Crippen LogP contribution >= 0.6 is 11.8 Å². The third kappa shape index (κ3) is 2.10. The van der Waals surface area contributed by atoms with Crippen molar-refractivity contribution in [2.24, 2.45) is 5.92 Å². The van der Waals surface area contributed by atoms with Gasteiger partial charge in [-0.25, -0.2) is 0 Å². The van der Waals surface area contributed by atoms with Crippen LogP contribution in [0.3, 0.4) is 0 Å². The van der Waals surface area contributed by atoms with E-state index in [1.165, 1.54) is 24.3 Å². The van der Waals surface area contributed by atoms with Crippen LogP contribution in [0.5, 0.6) is 0 Å². The van der Waals surface area contributed by atoms with Crippen LogP contribution in [0.15, 0.2) is 0 Å². The zero-order chi connectivity index (χ0) is 10.2. The first-order valence-corrected chi connectivity index (χ1v) is 6.68. The monoisotopic (exact) mass is 215 g/mol. The molecule has 0 saturated carbocycles. The molecular formula is C11H21NOS. The Morgan fingerprint density at radius 2 is 1.86 bits per heavy atom. The average molecular weight is 215 g/mol. The van der Waals surface area contributed by atoms with E-state index in [0.29, 0.717) is 5.92 Å². The summed E-state index contributed by atoms with van der Waals surface area (Å²) in [6.07, 6.45) is 2.59. The van der Waals surface area contributed by atoms with Crippen molar-refractivity contribution >= 4 is 11.8 Å². The molecule has 2 aliphatic rings. The largest absolute Gasteiger partial charge is 0.359 e. The minimum Gasteiger partial charge on any atom is -0.359 e. The van der Waals surface area contributed by atoms with E-state index >= 15 is 0 Å². The third-order valence-corrected chi connectivity index (χ3v) is 4.37. The van der Waals surface area contributed by atoms with Crippen LogP contribution in [0.25, 0.3) is 0 Å². The summed E-state index contributed by atoms with van der Waals surface area (Å²) in [7, 11) is 0. The molecule has 1 N–H and O–H groups in total. The second-order valence-electron chi connectivity index (χ2n) is 5.29. The summed E-state index contributed by atoms with van der Waals surface area (Å²) in [6, 6.07) is 0. The predicted octanol–water partition coefficient (Wildman–Crippen LogP) is 2.24. The van der Waals surface area contributed by atoms with Gasteiger partial charge in [-0.2, -0.15) is 11.8 Å². The molecule has 2 fully saturated rings. The quantitative estimate of drug-likeness (QED) is 0.725. The van der Waals surface area contributed by atoms with Crippen molar-refractivity contribution in [1.82, 2.24) is 5.32 Å². The third-order valence-electron chi connectivity index (χ3n) is 3.32. The number of thioether (sulfide) groups is 1. The minimum absolute atomic E-state index is 0.0650. The summed E-state index contributed by atoms with van der Waals surface area (Å²) in [5.41, 5.74) is 0.0871. The summed E-state index contributed by atoms with van der Waals surface area (Å²) in [6.45, 7) is 7.50. The molecule has 0 aromatic carbocycles. The molecule has 0 spiro atoms. The molecular weight excluding hydrogens is 194 g/mol. The van der Waals surface area contributed by atoms with Crippen molar-refractivity contribution in [3.8, 4) is 0 Å². The van der Waals surface area contributed by atoms with Gasteiger partial charge < -0.3 is 4.74 Å². The minimum atomic E-state index is -0.0650. The van der Waals surface area contributed by atoms with Gasteiger partial charge in [0.05, 0.1) is 6.61 Å². The van der Waals surface area contributed by atoms with Gasteiger partial charge in [-0.15, -0.1) is 0 Å². The molecule has 0 bridgehead atoms. The number of nitrogens with one attached hydrogen (secondary N) is 1. The first-order valence-electron chi connectivity index (χ1n) is 5.53. The lowest BCUT2D eigenvalue weighted by Crippen LogP contribution is -2.51. The Bertz CT molecular complexity index is 213. The highest BCUT2D eigenvalue weighted by molar-refractivity contribution is 7.99. The van der Waals surface area contributed by atoms with Crippen LogP contribution in [0.2, 0.25) is 0 Å². The number of rotatable bonds is 1. The van der Waals surface area contributed by atoms with Crippen LogP contribution < -0.4 is 5.32 Å². The summed E-state index contributed by atoms with van der Waals surface area (Å²) in [5, 5.41) is 3.64. The molecule has 0 aliphatic carbocycles. The molecule has 0 aromatic rings. The number of hydrogen-bond acceptors (Lipinski definition) is 3. The molecule has 2 rings (SSSR count). The highest BCUT2D eigenvalue weighted by Crippen LogP contribution is 2.37. The standard InChI is InChI=1S/C11H21NOS/c1-10(2)8-13-11(3,12-10)9-4-6-14-7-5-9/h9,12H,4-8H2,1-3H3. The fourth-order valence-electron chi connectivity index (χ4n) is 2.54. The predicted molar refractivity (Wildman–Crippen MR) is 61.6 cm³/mol. The SMILES string of the molecule is CC1(C)COC(C)(C2CCSCC2)N1. The van der Waals surface area contributed by atoms with Gasteiger partial charge in [0.2, 0.25) is 0 Å². The lowest BCUT2D eigenvalue weighted by atomic mass is 9.90. The Kier molecular flexibility index (Phi) is 2.84. The Morgan fingerprint density at radius 3 is 2.36 bits per heavy atom. The first kappa shape index (κ1) is 10.8. The Labute approximate surface area is 91.2 Å². The van der Waals surface area contributed by atoms with Gasteiger partial charge in [0, 0.05) is 11.5 Å². The molecule has 2 aliphatic heterocycles. The number of ether oxygens (including phenoxy) is 1. The van der Waals surface area contributed by atoms with Gasteiger partial charge in [0.1, 0.15) is 5.72 Å². The topological polar surface area (TPSA) is 21.3 Å². The molecule has 2 heterocycles. The Hall–Kier alpha value is 0.270. The molecule has 1 unspecified atom stereocenters. The van der Waals surface area contributed by atoms with Crippen LogP contribution in [0, 0.1) is 5.92 Å². The fraction of sp³-hybridized carbons (Fsp3) is 1.00. The molecule has 2 saturated heterocycles. The molecule has 82 valence electrons. The van der Waals surface area contributed by atoms with E-state index in [2.05, 4.69) is 37.8 Å². The molecule has 0 amide bonds. The lowest BCUT2D eigenvalue weighted by molar-refractivity contribution is -0.0457. The maximum absolute atomic E-state index is 5.97. The summed E-state index contributed by atoms with van der Waals surface area (Å²) >= 11 is 2.07. The van der Waals surface area contributed by atoms with Gasteiger partial charge in [0.15, 0.2) is 0 Å². The van der Waals surface area contributed by atoms with Crippen molar-refractivity contribution < 1.29 is 4.74 Å². The van der Waals surface area contributed by atoms with Crippen LogP contribution in [0.1, 0.15) is 33.6 Å². The van der Waals surface area contributed by atoms with E-state index < -0.39 is 0 Å². The van der Waals surface area contributed by atoms with Gasteiger partial charge in [-0.3, -0.25) is 5.32 Å². The highest BCUT2D eigenvalue weighted by Gasteiger charge is 2.45. The van der Waals surface area contributed by atoms with Gasteiger partial charge in [-0.1, -0.05) is 0 Å². The first-order chi connectivity index (χ1) is 6.52. The van der Waals surface area contributed by atoms with Crippen LogP contribution in [-0.4, -0.2) is 29.4 Å².